The number of carbonyl (C=O) groups excluding carboxylic acids is 4. The third kappa shape index (κ3) is 9.21. The lowest BCUT2D eigenvalue weighted by molar-refractivity contribution is -0.143. The Labute approximate surface area is 200 Å². The van der Waals surface area contributed by atoms with Gasteiger partial charge in [0.1, 0.15) is 18.4 Å². The summed E-state index contributed by atoms with van der Waals surface area (Å²) < 4.78 is 33.7. The second-order valence-electron chi connectivity index (χ2n) is 6.64. The molecular weight excluding hydrogens is 466 g/mol. The minimum absolute atomic E-state index is 0.0816. The molecule has 188 valence electrons. The number of hydrogen-bond donors (Lipinski definition) is 1. The zero-order valence-electron chi connectivity index (χ0n) is 19.3. The van der Waals surface area contributed by atoms with E-state index in [1.807, 2.05) is 0 Å². The van der Waals surface area contributed by atoms with Crippen LogP contribution in [0.1, 0.15) is 5.56 Å². The molecule has 2 aromatic rings. The number of hydrogen-bond acceptors (Lipinski definition) is 12. The molecule has 1 N–H and O–H groups in total. The van der Waals surface area contributed by atoms with Crippen LogP contribution >= 0.6 is 0 Å². The monoisotopic (exact) mass is 491 g/mol. The van der Waals surface area contributed by atoms with Gasteiger partial charge in [0.2, 0.25) is 0 Å². The zero-order chi connectivity index (χ0) is 25.6. The fraction of sp³-hybridized carbons (Fsp3) is 0.304. The number of methoxy groups -OCH3 is 3. The maximum atomic E-state index is 12.2. The minimum atomic E-state index is -1.04. The zero-order valence-corrected chi connectivity index (χ0v) is 19.3. The first-order valence-corrected chi connectivity index (χ1v) is 10.2. The molecule has 35 heavy (non-hydrogen) atoms. The smallest absolute Gasteiger partial charge is 0.468 e. The highest BCUT2D eigenvalue weighted by atomic mass is 16.7. The molecular formula is C23H25NO11. The molecule has 12 nitrogen and oxygen atoms in total. The van der Waals surface area contributed by atoms with Gasteiger partial charge in [-0.2, -0.15) is 0 Å². The van der Waals surface area contributed by atoms with Crippen LogP contribution in [0.3, 0.4) is 0 Å². The summed E-state index contributed by atoms with van der Waals surface area (Å²) in [6.07, 6.45) is -2.86. The van der Waals surface area contributed by atoms with Gasteiger partial charge in [-0.3, -0.25) is 4.79 Å². The highest BCUT2D eigenvalue weighted by molar-refractivity contribution is 5.76. The van der Waals surface area contributed by atoms with E-state index in [2.05, 4.69) is 14.8 Å². The Bertz CT molecular complexity index is 1010. The van der Waals surface area contributed by atoms with Gasteiger partial charge in [0, 0.05) is 6.54 Å². The van der Waals surface area contributed by atoms with E-state index in [1.165, 1.54) is 19.2 Å². The molecule has 0 bridgehead atoms. The van der Waals surface area contributed by atoms with Gasteiger partial charge in [0.25, 0.3) is 0 Å². The van der Waals surface area contributed by atoms with Gasteiger partial charge in [-0.05, 0) is 36.2 Å². The Morgan fingerprint density at radius 3 is 2.06 bits per heavy atom. The number of benzene rings is 2. The van der Waals surface area contributed by atoms with Crippen LogP contribution in [0.25, 0.3) is 0 Å². The molecule has 12 heteroatoms. The van der Waals surface area contributed by atoms with E-state index in [1.54, 1.807) is 36.4 Å². The minimum Gasteiger partial charge on any atom is -0.468 e. The third-order valence-corrected chi connectivity index (χ3v) is 4.31. The molecule has 2 rings (SSSR count). The van der Waals surface area contributed by atoms with E-state index in [9.17, 15) is 19.2 Å². The lowest BCUT2D eigenvalue weighted by Crippen LogP contribution is -2.41. The summed E-state index contributed by atoms with van der Waals surface area (Å²) in [5.74, 6) is -0.473. The van der Waals surface area contributed by atoms with Crippen LogP contribution in [-0.4, -0.2) is 65.0 Å². The molecule has 2 aromatic carbocycles. The van der Waals surface area contributed by atoms with E-state index in [-0.39, 0.29) is 31.1 Å². The SMILES string of the molecule is COC(=O)Oc1ccc(C[C@H](NCCOC(=O)Oc2ccccc2)C(=O)OC)cc1OC(=O)OC. The maximum absolute atomic E-state index is 12.2. The molecule has 1 atom stereocenters. The van der Waals surface area contributed by atoms with Gasteiger partial charge in [-0.1, -0.05) is 24.3 Å². The summed E-state index contributed by atoms with van der Waals surface area (Å²) >= 11 is 0. The fourth-order valence-corrected chi connectivity index (χ4v) is 2.70. The molecule has 0 amide bonds. The molecule has 0 saturated carbocycles. The van der Waals surface area contributed by atoms with Crippen LogP contribution in [0.4, 0.5) is 14.4 Å². The van der Waals surface area contributed by atoms with Crippen LogP contribution in [-0.2, 0) is 30.2 Å². The molecule has 0 unspecified atom stereocenters. The van der Waals surface area contributed by atoms with Crippen molar-refractivity contribution in [3.8, 4) is 17.2 Å². The summed E-state index contributed by atoms with van der Waals surface area (Å²) in [7, 11) is 3.46. The third-order valence-electron chi connectivity index (χ3n) is 4.31. The van der Waals surface area contributed by atoms with Crippen molar-refractivity contribution in [2.24, 2.45) is 0 Å². The molecule has 0 aliphatic heterocycles. The summed E-state index contributed by atoms with van der Waals surface area (Å²) in [5, 5.41) is 2.92. The molecule has 0 aliphatic rings. The number of carbonyl (C=O) groups is 4. The van der Waals surface area contributed by atoms with Gasteiger partial charge in [-0.15, -0.1) is 0 Å². The van der Waals surface area contributed by atoms with E-state index in [0.29, 0.717) is 11.3 Å². The van der Waals surface area contributed by atoms with Crippen LogP contribution in [0.5, 0.6) is 17.2 Å². The Hall–Kier alpha value is -4.32. The standard InChI is InChI=1S/C23H25NO11/c1-29-20(25)17(24-11-12-32-23(28)33-16-7-5-4-6-8-16)13-15-9-10-18(34-21(26)30-2)19(14-15)35-22(27)31-3/h4-10,14,17,24H,11-13H2,1-3H3/t17-/m0/s1. The topological polar surface area (TPSA) is 145 Å². The largest absolute Gasteiger partial charge is 0.513 e. The number of esters is 1. The summed E-state index contributed by atoms with van der Waals surface area (Å²) in [6, 6.07) is 11.9. The van der Waals surface area contributed by atoms with Gasteiger partial charge in [-0.25, -0.2) is 14.4 Å². The first kappa shape index (κ1) is 26.9. The van der Waals surface area contributed by atoms with Crippen molar-refractivity contribution in [1.82, 2.24) is 5.32 Å². The Balaban J connectivity index is 2.00. The predicted molar refractivity (Wildman–Crippen MR) is 118 cm³/mol. The average molecular weight is 491 g/mol. The van der Waals surface area contributed by atoms with Crippen molar-refractivity contribution < 1.29 is 52.3 Å². The first-order valence-electron chi connectivity index (χ1n) is 10.2. The van der Waals surface area contributed by atoms with Crippen molar-refractivity contribution in [2.45, 2.75) is 12.5 Å². The molecule has 0 aliphatic carbocycles. The van der Waals surface area contributed by atoms with E-state index >= 15 is 0 Å². The molecule has 0 fully saturated rings. The maximum Gasteiger partial charge on any atom is 0.513 e. The highest BCUT2D eigenvalue weighted by Crippen LogP contribution is 2.30. The van der Waals surface area contributed by atoms with Gasteiger partial charge >= 0.3 is 24.4 Å². The number of ether oxygens (including phenoxy) is 7. The number of para-hydroxylation sites is 1. The summed E-state index contributed by atoms with van der Waals surface area (Å²) in [5.41, 5.74) is 0.522. The number of nitrogens with one attached hydrogen (secondary N) is 1. The van der Waals surface area contributed by atoms with Gasteiger partial charge < -0.3 is 38.5 Å². The lowest BCUT2D eigenvalue weighted by atomic mass is 10.1. The van der Waals surface area contributed by atoms with Crippen molar-refractivity contribution in [2.75, 3.05) is 34.5 Å². The van der Waals surface area contributed by atoms with Crippen LogP contribution in [0, 0.1) is 0 Å². The van der Waals surface area contributed by atoms with E-state index in [4.69, 9.17) is 23.7 Å². The lowest BCUT2D eigenvalue weighted by Gasteiger charge is -2.17. The molecule has 0 aromatic heterocycles. The second kappa shape index (κ2) is 14.1. The van der Waals surface area contributed by atoms with Gasteiger partial charge in [0.05, 0.1) is 21.3 Å². The van der Waals surface area contributed by atoms with Crippen molar-refractivity contribution in [1.29, 1.82) is 0 Å². The van der Waals surface area contributed by atoms with Crippen molar-refractivity contribution in [3.05, 3.63) is 54.1 Å². The summed E-state index contributed by atoms with van der Waals surface area (Å²) in [4.78, 5) is 47.0. The fourth-order valence-electron chi connectivity index (χ4n) is 2.70. The first-order chi connectivity index (χ1) is 16.9. The Morgan fingerprint density at radius 1 is 0.771 bits per heavy atom. The van der Waals surface area contributed by atoms with Gasteiger partial charge in [0.15, 0.2) is 11.5 Å². The van der Waals surface area contributed by atoms with E-state index < -0.39 is 30.5 Å². The predicted octanol–water partition coefficient (Wildman–Crippen LogP) is 2.87. The molecule has 0 radical (unpaired) electrons. The Morgan fingerprint density at radius 2 is 1.43 bits per heavy atom. The highest BCUT2D eigenvalue weighted by Gasteiger charge is 2.22. The van der Waals surface area contributed by atoms with Crippen molar-refractivity contribution >= 4 is 24.4 Å². The molecule has 0 spiro atoms. The molecule has 0 saturated heterocycles. The van der Waals surface area contributed by atoms with E-state index in [0.717, 1.165) is 14.2 Å². The van der Waals surface area contributed by atoms with Crippen molar-refractivity contribution in [3.63, 3.8) is 0 Å². The Kier molecular flexibility index (Phi) is 10.8. The summed E-state index contributed by atoms with van der Waals surface area (Å²) in [6.45, 7) is 0.0283. The van der Waals surface area contributed by atoms with Crippen LogP contribution in [0.15, 0.2) is 48.5 Å². The molecule has 0 heterocycles. The second-order valence-corrected chi connectivity index (χ2v) is 6.64. The average Bonchev–Trinajstić information content (AvgIpc) is 2.87. The normalized spacial score (nSPS) is 10.9. The number of rotatable bonds is 10. The van der Waals surface area contributed by atoms with Crippen LogP contribution < -0.4 is 19.5 Å². The quantitative estimate of drug-likeness (QED) is 0.226. The van der Waals surface area contributed by atoms with Crippen LogP contribution in [0.2, 0.25) is 0 Å².